The predicted molar refractivity (Wildman–Crippen MR) is 70.7 cm³/mol. The molecular weight excluding hydrogens is 226 g/mol. The van der Waals surface area contributed by atoms with E-state index in [0.717, 1.165) is 31.0 Å². The number of aromatic nitrogens is 2. The predicted octanol–water partition coefficient (Wildman–Crippen LogP) is 3.03. The minimum absolute atomic E-state index is 0.0936. The summed E-state index contributed by atoms with van der Waals surface area (Å²) in [6, 6.07) is 2.10. The fraction of sp³-hybridized carbons (Fsp3) is 0.714. The Kier molecular flexibility index (Phi) is 3.20. The highest BCUT2D eigenvalue weighted by atomic mass is 16.5. The molecule has 4 nitrogen and oxygen atoms in total. The first-order chi connectivity index (χ1) is 8.76. The van der Waals surface area contributed by atoms with Crippen molar-refractivity contribution in [1.82, 2.24) is 9.97 Å². The third-order valence-electron chi connectivity index (χ3n) is 3.64. The third kappa shape index (κ3) is 2.48. The number of nitrogens with zero attached hydrogens (tertiary/aromatic N) is 2. The highest BCUT2D eigenvalue weighted by molar-refractivity contribution is 5.38. The Labute approximate surface area is 108 Å². The van der Waals surface area contributed by atoms with Gasteiger partial charge < -0.3 is 10.1 Å². The quantitative estimate of drug-likeness (QED) is 0.888. The Bertz CT molecular complexity index is 431. The Morgan fingerprint density at radius 1 is 1.28 bits per heavy atom. The lowest BCUT2D eigenvalue weighted by Gasteiger charge is -2.13. The SMILES string of the molecule is CCNc1cc(C2CC2)nc(C2CCC(C)O2)n1. The van der Waals surface area contributed by atoms with E-state index in [1.807, 2.05) is 0 Å². The summed E-state index contributed by atoms with van der Waals surface area (Å²) in [4.78, 5) is 9.32. The molecular formula is C14H21N3O. The molecule has 2 fully saturated rings. The minimum atomic E-state index is 0.0936. The molecule has 4 heteroatoms. The van der Waals surface area contributed by atoms with Crippen molar-refractivity contribution in [2.75, 3.05) is 11.9 Å². The molecule has 2 heterocycles. The summed E-state index contributed by atoms with van der Waals surface area (Å²) in [5.74, 6) is 2.48. The lowest BCUT2D eigenvalue weighted by molar-refractivity contribution is 0.0502. The van der Waals surface area contributed by atoms with E-state index in [4.69, 9.17) is 9.72 Å². The van der Waals surface area contributed by atoms with Crippen LogP contribution in [0.3, 0.4) is 0 Å². The number of ether oxygens (including phenoxy) is 1. The van der Waals surface area contributed by atoms with E-state index in [1.54, 1.807) is 0 Å². The van der Waals surface area contributed by atoms with E-state index >= 15 is 0 Å². The summed E-state index contributed by atoms with van der Waals surface area (Å²) >= 11 is 0. The van der Waals surface area contributed by atoms with Crippen LogP contribution in [0.25, 0.3) is 0 Å². The highest BCUT2D eigenvalue weighted by Gasteiger charge is 2.30. The van der Waals surface area contributed by atoms with Gasteiger partial charge in [0.05, 0.1) is 6.10 Å². The molecule has 1 aromatic heterocycles. The van der Waals surface area contributed by atoms with E-state index in [0.29, 0.717) is 12.0 Å². The van der Waals surface area contributed by atoms with Crippen LogP contribution in [0.2, 0.25) is 0 Å². The summed E-state index contributed by atoms with van der Waals surface area (Å²) in [5.41, 5.74) is 1.19. The third-order valence-corrected chi connectivity index (χ3v) is 3.64. The van der Waals surface area contributed by atoms with E-state index < -0.39 is 0 Å². The van der Waals surface area contributed by atoms with Gasteiger partial charge in [-0.1, -0.05) is 0 Å². The van der Waals surface area contributed by atoms with Crippen LogP contribution in [-0.2, 0) is 4.74 Å². The molecule has 1 aromatic rings. The average Bonchev–Trinajstić information content (AvgIpc) is 3.12. The number of hydrogen-bond donors (Lipinski definition) is 1. The van der Waals surface area contributed by atoms with Crippen molar-refractivity contribution >= 4 is 5.82 Å². The maximum Gasteiger partial charge on any atom is 0.159 e. The second-order valence-corrected chi connectivity index (χ2v) is 5.35. The van der Waals surface area contributed by atoms with Gasteiger partial charge in [0, 0.05) is 24.2 Å². The van der Waals surface area contributed by atoms with E-state index in [9.17, 15) is 0 Å². The summed E-state index contributed by atoms with van der Waals surface area (Å²) in [6.07, 6.45) is 5.12. The van der Waals surface area contributed by atoms with Crippen LogP contribution < -0.4 is 5.32 Å². The molecule has 2 aliphatic rings. The van der Waals surface area contributed by atoms with Crippen molar-refractivity contribution in [1.29, 1.82) is 0 Å². The van der Waals surface area contributed by atoms with Crippen LogP contribution >= 0.6 is 0 Å². The van der Waals surface area contributed by atoms with Crippen molar-refractivity contribution in [2.45, 2.75) is 57.7 Å². The number of rotatable bonds is 4. The zero-order chi connectivity index (χ0) is 12.5. The van der Waals surface area contributed by atoms with E-state index in [2.05, 4.69) is 30.2 Å². The van der Waals surface area contributed by atoms with Crippen LogP contribution in [0.1, 0.15) is 63.1 Å². The second kappa shape index (κ2) is 4.84. The summed E-state index contributed by atoms with van der Waals surface area (Å²) in [7, 11) is 0. The standard InChI is InChI=1S/C14H21N3O/c1-3-15-13-8-11(10-5-6-10)16-14(17-13)12-7-4-9(2)18-12/h8-10,12H,3-7H2,1-2H3,(H,15,16,17). The first-order valence-electron chi connectivity index (χ1n) is 7.04. The molecule has 1 saturated carbocycles. The van der Waals surface area contributed by atoms with Crippen LogP contribution in [0.15, 0.2) is 6.07 Å². The van der Waals surface area contributed by atoms with Gasteiger partial charge in [-0.25, -0.2) is 9.97 Å². The molecule has 0 bridgehead atoms. The molecule has 1 aliphatic carbocycles. The summed E-state index contributed by atoms with van der Waals surface area (Å²) in [5, 5.41) is 3.30. The molecule has 2 atom stereocenters. The van der Waals surface area contributed by atoms with Crippen molar-refractivity contribution in [3.05, 3.63) is 17.6 Å². The smallest absolute Gasteiger partial charge is 0.159 e. The normalized spacial score (nSPS) is 27.4. The van der Waals surface area contributed by atoms with Gasteiger partial charge in [0.2, 0.25) is 0 Å². The van der Waals surface area contributed by atoms with Gasteiger partial charge in [-0.3, -0.25) is 0 Å². The zero-order valence-corrected chi connectivity index (χ0v) is 11.1. The van der Waals surface area contributed by atoms with Gasteiger partial charge in [-0.2, -0.15) is 0 Å². The highest BCUT2D eigenvalue weighted by Crippen LogP contribution is 2.40. The average molecular weight is 247 g/mol. The van der Waals surface area contributed by atoms with Crippen molar-refractivity contribution in [3.8, 4) is 0 Å². The van der Waals surface area contributed by atoms with Gasteiger partial charge in [0.25, 0.3) is 0 Å². The Morgan fingerprint density at radius 3 is 2.72 bits per heavy atom. The number of hydrogen-bond acceptors (Lipinski definition) is 4. The van der Waals surface area contributed by atoms with Gasteiger partial charge in [-0.15, -0.1) is 0 Å². The molecule has 1 N–H and O–H groups in total. The Balaban J connectivity index is 1.87. The molecule has 18 heavy (non-hydrogen) atoms. The second-order valence-electron chi connectivity index (χ2n) is 5.35. The molecule has 0 aromatic carbocycles. The number of anilines is 1. The molecule has 3 rings (SSSR count). The van der Waals surface area contributed by atoms with Crippen LogP contribution in [0.4, 0.5) is 5.82 Å². The molecule has 0 radical (unpaired) electrons. The minimum Gasteiger partial charge on any atom is -0.370 e. The van der Waals surface area contributed by atoms with Gasteiger partial charge in [0.1, 0.15) is 11.9 Å². The maximum absolute atomic E-state index is 5.88. The Hall–Kier alpha value is -1.16. The van der Waals surface area contributed by atoms with E-state index in [-0.39, 0.29) is 6.10 Å². The lowest BCUT2D eigenvalue weighted by Crippen LogP contribution is -2.10. The monoisotopic (exact) mass is 247 g/mol. The van der Waals surface area contributed by atoms with Crippen molar-refractivity contribution < 1.29 is 4.74 Å². The topological polar surface area (TPSA) is 47.0 Å². The van der Waals surface area contributed by atoms with Crippen LogP contribution in [0.5, 0.6) is 0 Å². The first-order valence-corrected chi connectivity index (χ1v) is 7.04. The fourth-order valence-electron chi connectivity index (χ4n) is 2.48. The van der Waals surface area contributed by atoms with E-state index in [1.165, 1.54) is 18.5 Å². The largest absolute Gasteiger partial charge is 0.370 e. The fourth-order valence-corrected chi connectivity index (χ4v) is 2.48. The first kappa shape index (κ1) is 11.9. The molecule has 1 saturated heterocycles. The molecule has 1 aliphatic heterocycles. The summed E-state index contributed by atoms with van der Waals surface area (Å²) in [6.45, 7) is 5.10. The lowest BCUT2D eigenvalue weighted by atomic mass is 10.2. The van der Waals surface area contributed by atoms with Crippen molar-refractivity contribution in [2.24, 2.45) is 0 Å². The maximum atomic E-state index is 5.88. The Morgan fingerprint density at radius 2 is 2.11 bits per heavy atom. The molecule has 2 unspecified atom stereocenters. The summed E-state index contributed by atoms with van der Waals surface area (Å²) < 4.78 is 5.88. The molecule has 98 valence electrons. The zero-order valence-electron chi connectivity index (χ0n) is 11.1. The van der Waals surface area contributed by atoms with Gasteiger partial charge >= 0.3 is 0 Å². The molecule has 0 spiro atoms. The van der Waals surface area contributed by atoms with Gasteiger partial charge in [0.15, 0.2) is 5.82 Å². The number of nitrogens with one attached hydrogen (secondary N) is 1. The molecule has 0 amide bonds. The van der Waals surface area contributed by atoms with Crippen molar-refractivity contribution in [3.63, 3.8) is 0 Å². The van der Waals surface area contributed by atoms with Crippen LogP contribution in [-0.4, -0.2) is 22.6 Å². The van der Waals surface area contributed by atoms with Gasteiger partial charge in [-0.05, 0) is 39.5 Å². The van der Waals surface area contributed by atoms with Crippen LogP contribution in [0, 0.1) is 0 Å².